The van der Waals surface area contributed by atoms with Gasteiger partial charge in [0.15, 0.2) is 0 Å². The molecule has 1 aliphatic heterocycles. The highest BCUT2D eigenvalue weighted by molar-refractivity contribution is 6.01. The highest BCUT2D eigenvalue weighted by atomic mass is 16.2. The minimum Gasteiger partial charge on any atom is -0.344 e. The molecule has 1 amide bonds. The fraction of sp³-hybridized carbons (Fsp3) is 0.368. The van der Waals surface area contributed by atoms with Crippen LogP contribution < -0.4 is 0 Å². The highest BCUT2D eigenvalue weighted by Crippen LogP contribution is 2.28. The SMILES string of the molecule is CC(C)N1CC=CC1c1ccc(C=C(C#N)C(=O)N(C)C)cc1. The van der Waals surface area contributed by atoms with Crippen molar-refractivity contribution >= 4 is 12.0 Å². The van der Waals surface area contributed by atoms with Gasteiger partial charge in [0.25, 0.3) is 5.91 Å². The molecule has 0 saturated heterocycles. The van der Waals surface area contributed by atoms with E-state index in [9.17, 15) is 4.79 Å². The van der Waals surface area contributed by atoms with Gasteiger partial charge in [0, 0.05) is 26.7 Å². The first-order chi connectivity index (χ1) is 10.9. The van der Waals surface area contributed by atoms with E-state index in [1.54, 1.807) is 20.2 Å². The van der Waals surface area contributed by atoms with Crippen molar-refractivity contribution in [3.8, 4) is 6.07 Å². The van der Waals surface area contributed by atoms with E-state index in [2.05, 4.69) is 43.0 Å². The van der Waals surface area contributed by atoms with Crippen LogP contribution in [0.4, 0.5) is 0 Å². The number of carbonyl (C=O) groups is 1. The third-order valence-corrected chi connectivity index (χ3v) is 4.00. The average Bonchev–Trinajstić information content (AvgIpc) is 3.02. The van der Waals surface area contributed by atoms with E-state index in [0.29, 0.717) is 12.1 Å². The van der Waals surface area contributed by atoms with Gasteiger partial charge in [-0.05, 0) is 31.1 Å². The zero-order chi connectivity index (χ0) is 17.0. The van der Waals surface area contributed by atoms with Crippen molar-refractivity contribution in [3.05, 3.63) is 53.1 Å². The summed E-state index contributed by atoms with van der Waals surface area (Å²) in [6.07, 6.45) is 6.06. The van der Waals surface area contributed by atoms with Crippen molar-refractivity contribution < 1.29 is 4.79 Å². The minimum absolute atomic E-state index is 0.146. The molecule has 0 N–H and O–H groups in total. The summed E-state index contributed by atoms with van der Waals surface area (Å²) < 4.78 is 0. The van der Waals surface area contributed by atoms with Crippen molar-refractivity contribution in [1.82, 2.24) is 9.80 Å². The van der Waals surface area contributed by atoms with Crippen LogP contribution in [0.2, 0.25) is 0 Å². The number of likely N-dealkylation sites (N-methyl/N-ethyl adjacent to an activating group) is 1. The molecule has 0 radical (unpaired) electrons. The van der Waals surface area contributed by atoms with Crippen LogP contribution in [-0.4, -0.2) is 42.4 Å². The minimum atomic E-state index is -0.277. The lowest BCUT2D eigenvalue weighted by atomic mass is 10.0. The number of nitriles is 1. The van der Waals surface area contributed by atoms with E-state index < -0.39 is 0 Å². The second-order valence-corrected chi connectivity index (χ2v) is 6.20. The van der Waals surface area contributed by atoms with E-state index >= 15 is 0 Å². The Morgan fingerprint density at radius 2 is 2.00 bits per heavy atom. The second kappa shape index (κ2) is 7.26. The topological polar surface area (TPSA) is 47.3 Å². The standard InChI is InChI=1S/C19H23N3O/c1-14(2)22-11-5-6-18(22)16-9-7-15(8-10-16)12-17(13-20)19(23)21(3)4/h5-10,12,14,18H,11H2,1-4H3. The van der Waals surface area contributed by atoms with Crippen LogP contribution in [0.5, 0.6) is 0 Å². The molecule has 1 unspecified atom stereocenters. The van der Waals surface area contributed by atoms with Gasteiger partial charge in [0.05, 0.1) is 6.04 Å². The van der Waals surface area contributed by atoms with Gasteiger partial charge >= 0.3 is 0 Å². The molecule has 1 aromatic rings. The maximum Gasteiger partial charge on any atom is 0.264 e. The summed E-state index contributed by atoms with van der Waals surface area (Å²) >= 11 is 0. The predicted molar refractivity (Wildman–Crippen MR) is 92.4 cm³/mol. The summed E-state index contributed by atoms with van der Waals surface area (Å²) in [5.74, 6) is -0.277. The summed E-state index contributed by atoms with van der Waals surface area (Å²) in [6, 6.07) is 10.8. The Balaban J connectivity index is 2.21. The monoisotopic (exact) mass is 309 g/mol. The van der Waals surface area contributed by atoms with Crippen LogP contribution in [0, 0.1) is 11.3 Å². The van der Waals surface area contributed by atoms with E-state index in [-0.39, 0.29) is 11.5 Å². The average molecular weight is 309 g/mol. The number of rotatable bonds is 4. The van der Waals surface area contributed by atoms with Gasteiger partial charge in [-0.15, -0.1) is 0 Å². The summed E-state index contributed by atoms with van der Waals surface area (Å²) in [6.45, 7) is 5.37. The molecule has 1 aromatic carbocycles. The molecule has 23 heavy (non-hydrogen) atoms. The fourth-order valence-electron chi connectivity index (χ4n) is 2.71. The van der Waals surface area contributed by atoms with Crippen molar-refractivity contribution in [1.29, 1.82) is 5.26 Å². The van der Waals surface area contributed by atoms with Crippen LogP contribution >= 0.6 is 0 Å². The van der Waals surface area contributed by atoms with Gasteiger partial charge in [-0.3, -0.25) is 9.69 Å². The molecule has 0 bridgehead atoms. The van der Waals surface area contributed by atoms with Gasteiger partial charge in [0.1, 0.15) is 11.6 Å². The lowest BCUT2D eigenvalue weighted by Crippen LogP contribution is -2.30. The molecule has 0 saturated carbocycles. The van der Waals surface area contributed by atoms with Crippen molar-refractivity contribution in [3.63, 3.8) is 0 Å². The first kappa shape index (κ1) is 17.0. The van der Waals surface area contributed by atoms with E-state index in [0.717, 1.165) is 12.1 Å². The first-order valence-corrected chi connectivity index (χ1v) is 7.80. The number of hydrogen-bond acceptors (Lipinski definition) is 3. The number of carbonyl (C=O) groups excluding carboxylic acids is 1. The lowest BCUT2D eigenvalue weighted by molar-refractivity contribution is -0.124. The Morgan fingerprint density at radius 3 is 2.52 bits per heavy atom. The quantitative estimate of drug-likeness (QED) is 0.488. The fourth-order valence-corrected chi connectivity index (χ4v) is 2.71. The zero-order valence-corrected chi connectivity index (χ0v) is 14.2. The Hall–Kier alpha value is -2.38. The number of nitrogens with zero attached hydrogens (tertiary/aromatic N) is 3. The van der Waals surface area contributed by atoms with E-state index in [4.69, 9.17) is 5.26 Å². The molecule has 1 heterocycles. The third-order valence-electron chi connectivity index (χ3n) is 4.00. The van der Waals surface area contributed by atoms with E-state index in [1.807, 2.05) is 18.2 Å². The Kier molecular flexibility index (Phi) is 5.36. The molecule has 0 spiro atoms. The third kappa shape index (κ3) is 3.88. The Labute approximate surface area is 138 Å². The molecular formula is C19H23N3O. The summed E-state index contributed by atoms with van der Waals surface area (Å²) in [7, 11) is 3.28. The normalized spacial score (nSPS) is 18.3. The molecule has 0 fully saturated rings. The second-order valence-electron chi connectivity index (χ2n) is 6.20. The number of benzene rings is 1. The van der Waals surface area contributed by atoms with Gasteiger partial charge in [0.2, 0.25) is 0 Å². The van der Waals surface area contributed by atoms with Crippen molar-refractivity contribution in [2.75, 3.05) is 20.6 Å². The zero-order valence-electron chi connectivity index (χ0n) is 14.2. The van der Waals surface area contributed by atoms with Crippen molar-refractivity contribution in [2.24, 2.45) is 0 Å². The largest absolute Gasteiger partial charge is 0.344 e. The maximum atomic E-state index is 11.9. The summed E-state index contributed by atoms with van der Waals surface area (Å²) in [4.78, 5) is 15.7. The van der Waals surface area contributed by atoms with E-state index in [1.165, 1.54) is 10.5 Å². The van der Waals surface area contributed by atoms with Gasteiger partial charge in [-0.1, -0.05) is 36.4 Å². The van der Waals surface area contributed by atoms with Crippen LogP contribution in [0.15, 0.2) is 42.0 Å². The van der Waals surface area contributed by atoms with Crippen LogP contribution in [0.1, 0.15) is 31.0 Å². The first-order valence-electron chi connectivity index (χ1n) is 7.80. The molecule has 4 heteroatoms. The van der Waals surface area contributed by atoms with Crippen LogP contribution in [0.3, 0.4) is 0 Å². The summed E-state index contributed by atoms with van der Waals surface area (Å²) in [5.41, 5.74) is 2.23. The molecule has 1 aliphatic rings. The van der Waals surface area contributed by atoms with Gasteiger partial charge < -0.3 is 4.90 Å². The molecule has 0 aliphatic carbocycles. The Bertz CT molecular complexity index is 663. The maximum absolute atomic E-state index is 11.9. The molecule has 120 valence electrons. The lowest BCUT2D eigenvalue weighted by Gasteiger charge is -2.28. The highest BCUT2D eigenvalue weighted by Gasteiger charge is 2.23. The van der Waals surface area contributed by atoms with Gasteiger partial charge in [-0.25, -0.2) is 0 Å². The van der Waals surface area contributed by atoms with Gasteiger partial charge in [-0.2, -0.15) is 5.26 Å². The molecule has 1 atom stereocenters. The predicted octanol–water partition coefficient (Wildman–Crippen LogP) is 3.00. The van der Waals surface area contributed by atoms with Crippen molar-refractivity contribution in [2.45, 2.75) is 25.9 Å². The number of hydrogen-bond donors (Lipinski definition) is 0. The smallest absolute Gasteiger partial charge is 0.264 e. The molecule has 2 rings (SSSR count). The molecule has 0 aromatic heterocycles. The van der Waals surface area contributed by atoms with Crippen LogP contribution in [0.25, 0.3) is 6.08 Å². The Morgan fingerprint density at radius 1 is 1.35 bits per heavy atom. The summed E-state index contributed by atoms with van der Waals surface area (Å²) in [5, 5.41) is 9.15. The number of amides is 1. The van der Waals surface area contributed by atoms with Crippen LogP contribution in [-0.2, 0) is 4.79 Å². The molecular weight excluding hydrogens is 286 g/mol. The molecule has 4 nitrogen and oxygen atoms in total.